The molecule has 134 valence electrons. The van der Waals surface area contributed by atoms with E-state index in [0.29, 0.717) is 25.1 Å². The summed E-state index contributed by atoms with van der Waals surface area (Å²) in [6.45, 7) is 2.02. The van der Waals surface area contributed by atoms with Crippen molar-refractivity contribution in [3.8, 4) is 0 Å². The molecule has 1 fully saturated rings. The first kappa shape index (κ1) is 17.5. The summed E-state index contributed by atoms with van der Waals surface area (Å²) in [4.78, 5) is 31.7. The number of carbonyl (C=O) groups is 2. The Kier molecular flexibility index (Phi) is 6.04. The maximum atomic E-state index is 12.2. The highest BCUT2D eigenvalue weighted by atomic mass is 16.6. The summed E-state index contributed by atoms with van der Waals surface area (Å²) in [5, 5.41) is 6.69. The summed E-state index contributed by atoms with van der Waals surface area (Å²) in [5.74, 6) is -0.129. The summed E-state index contributed by atoms with van der Waals surface area (Å²) in [6.07, 6.45) is 5.13. The maximum Gasteiger partial charge on any atom is 0.269 e. The first-order valence-electron chi connectivity index (χ1n) is 9.07. The number of likely N-dealkylation sites (tertiary alicyclic amines) is 1. The summed E-state index contributed by atoms with van der Waals surface area (Å²) in [6, 6.07) is 9.73. The fourth-order valence-corrected chi connectivity index (χ4v) is 3.22. The normalized spacial score (nSPS) is 20.4. The standard InChI is InChI=1S/C19H25N3O3/c23-18(22-12-6-1-2-7-13-22)10-11-20-19(24)16-14-17(25-21-16)15-8-4-3-5-9-15/h3-5,8-9,17H,1-2,6-7,10-14H2,(H,20,24). The number of amides is 2. The predicted octanol–water partition coefficient (Wildman–Crippen LogP) is 2.41. The van der Waals surface area contributed by atoms with Gasteiger partial charge in [0.15, 0.2) is 6.10 Å². The van der Waals surface area contributed by atoms with Gasteiger partial charge in [0.25, 0.3) is 5.91 Å². The Labute approximate surface area is 148 Å². The van der Waals surface area contributed by atoms with Gasteiger partial charge in [-0.2, -0.15) is 0 Å². The molecule has 1 unspecified atom stereocenters. The lowest BCUT2D eigenvalue weighted by Crippen LogP contribution is -2.36. The predicted molar refractivity (Wildman–Crippen MR) is 95.0 cm³/mol. The second-order valence-corrected chi connectivity index (χ2v) is 6.55. The van der Waals surface area contributed by atoms with E-state index in [4.69, 9.17) is 4.84 Å². The number of benzene rings is 1. The second kappa shape index (κ2) is 8.65. The summed E-state index contributed by atoms with van der Waals surface area (Å²) in [7, 11) is 0. The molecular weight excluding hydrogens is 318 g/mol. The van der Waals surface area contributed by atoms with Gasteiger partial charge in [0, 0.05) is 32.5 Å². The Morgan fingerprint density at radius 3 is 2.56 bits per heavy atom. The van der Waals surface area contributed by atoms with Crippen LogP contribution in [0.2, 0.25) is 0 Å². The van der Waals surface area contributed by atoms with Crippen molar-refractivity contribution in [2.24, 2.45) is 5.16 Å². The zero-order chi connectivity index (χ0) is 17.5. The van der Waals surface area contributed by atoms with Gasteiger partial charge in [-0.25, -0.2) is 0 Å². The van der Waals surface area contributed by atoms with E-state index in [-0.39, 0.29) is 17.9 Å². The lowest BCUT2D eigenvalue weighted by atomic mass is 10.0. The van der Waals surface area contributed by atoms with Gasteiger partial charge in [-0.1, -0.05) is 48.3 Å². The molecule has 2 aliphatic heterocycles. The first-order chi connectivity index (χ1) is 12.2. The van der Waals surface area contributed by atoms with Crippen molar-refractivity contribution in [3.05, 3.63) is 35.9 Å². The zero-order valence-corrected chi connectivity index (χ0v) is 14.4. The van der Waals surface area contributed by atoms with Crippen molar-refractivity contribution in [2.75, 3.05) is 19.6 Å². The van der Waals surface area contributed by atoms with Crippen LogP contribution in [0.4, 0.5) is 0 Å². The molecular formula is C19H25N3O3. The van der Waals surface area contributed by atoms with Gasteiger partial charge in [-0.3, -0.25) is 9.59 Å². The molecule has 1 N–H and O–H groups in total. The van der Waals surface area contributed by atoms with Crippen LogP contribution >= 0.6 is 0 Å². The van der Waals surface area contributed by atoms with Crippen molar-refractivity contribution in [1.82, 2.24) is 10.2 Å². The van der Waals surface area contributed by atoms with Crippen molar-refractivity contribution in [3.63, 3.8) is 0 Å². The topological polar surface area (TPSA) is 71.0 Å². The van der Waals surface area contributed by atoms with E-state index >= 15 is 0 Å². The van der Waals surface area contributed by atoms with Gasteiger partial charge in [-0.05, 0) is 18.4 Å². The third kappa shape index (κ3) is 4.81. The molecule has 0 spiro atoms. The van der Waals surface area contributed by atoms with Crippen LogP contribution in [0.15, 0.2) is 35.5 Å². The van der Waals surface area contributed by atoms with E-state index in [1.807, 2.05) is 35.2 Å². The molecule has 6 heteroatoms. The minimum absolute atomic E-state index is 0.119. The molecule has 0 radical (unpaired) electrons. The van der Waals surface area contributed by atoms with Gasteiger partial charge >= 0.3 is 0 Å². The molecule has 0 aromatic heterocycles. The first-order valence-corrected chi connectivity index (χ1v) is 9.07. The summed E-state index contributed by atoms with van der Waals surface area (Å²) in [5.41, 5.74) is 1.39. The van der Waals surface area contributed by atoms with Crippen LogP contribution in [0.25, 0.3) is 0 Å². The molecule has 1 aromatic rings. The number of rotatable bonds is 5. The van der Waals surface area contributed by atoms with Gasteiger partial charge in [-0.15, -0.1) is 0 Å². The largest absolute Gasteiger partial charge is 0.387 e. The van der Waals surface area contributed by atoms with Gasteiger partial charge < -0.3 is 15.1 Å². The highest BCUT2D eigenvalue weighted by molar-refractivity contribution is 6.39. The molecule has 25 heavy (non-hydrogen) atoms. The monoisotopic (exact) mass is 343 g/mol. The third-order valence-electron chi connectivity index (χ3n) is 4.69. The fourth-order valence-electron chi connectivity index (χ4n) is 3.22. The molecule has 2 heterocycles. The molecule has 6 nitrogen and oxygen atoms in total. The van der Waals surface area contributed by atoms with E-state index in [1.165, 1.54) is 12.8 Å². The van der Waals surface area contributed by atoms with E-state index in [2.05, 4.69) is 10.5 Å². The number of hydrogen-bond donors (Lipinski definition) is 1. The minimum atomic E-state index is -0.248. The lowest BCUT2D eigenvalue weighted by molar-refractivity contribution is -0.131. The van der Waals surface area contributed by atoms with Crippen LogP contribution in [0.3, 0.4) is 0 Å². The highest BCUT2D eigenvalue weighted by Crippen LogP contribution is 2.26. The smallest absolute Gasteiger partial charge is 0.269 e. The maximum absolute atomic E-state index is 12.2. The van der Waals surface area contributed by atoms with Crippen molar-refractivity contribution in [2.45, 2.75) is 44.6 Å². The number of nitrogens with zero attached hydrogens (tertiary/aromatic N) is 2. The molecule has 2 aliphatic rings. The van der Waals surface area contributed by atoms with E-state index in [9.17, 15) is 9.59 Å². The average Bonchev–Trinajstić information content (AvgIpc) is 2.98. The molecule has 1 atom stereocenters. The summed E-state index contributed by atoms with van der Waals surface area (Å²) >= 11 is 0. The SMILES string of the molecule is O=C(NCCC(=O)N1CCCCCC1)C1=NOC(c2ccccc2)C1. The lowest BCUT2D eigenvalue weighted by Gasteiger charge is -2.20. The van der Waals surface area contributed by atoms with Crippen LogP contribution in [0.1, 0.15) is 50.2 Å². The van der Waals surface area contributed by atoms with Crippen LogP contribution in [0.5, 0.6) is 0 Å². The Hall–Kier alpha value is -2.37. The highest BCUT2D eigenvalue weighted by Gasteiger charge is 2.27. The van der Waals surface area contributed by atoms with Gasteiger partial charge in [0.1, 0.15) is 5.71 Å². The van der Waals surface area contributed by atoms with Crippen LogP contribution in [-0.4, -0.2) is 42.1 Å². The number of carbonyl (C=O) groups excluding carboxylic acids is 2. The molecule has 1 saturated heterocycles. The zero-order valence-electron chi connectivity index (χ0n) is 14.4. The van der Waals surface area contributed by atoms with Crippen LogP contribution in [-0.2, 0) is 14.4 Å². The number of oxime groups is 1. The van der Waals surface area contributed by atoms with Crippen molar-refractivity contribution in [1.29, 1.82) is 0 Å². The molecule has 0 aliphatic carbocycles. The van der Waals surface area contributed by atoms with Crippen molar-refractivity contribution >= 4 is 17.5 Å². The Bertz CT molecular complexity index is 622. The second-order valence-electron chi connectivity index (χ2n) is 6.55. The van der Waals surface area contributed by atoms with Gasteiger partial charge in [0.05, 0.1) is 0 Å². The number of nitrogens with one attached hydrogen (secondary N) is 1. The van der Waals surface area contributed by atoms with E-state index in [0.717, 1.165) is 31.5 Å². The average molecular weight is 343 g/mol. The van der Waals surface area contributed by atoms with Crippen LogP contribution in [0, 0.1) is 0 Å². The Morgan fingerprint density at radius 2 is 1.84 bits per heavy atom. The van der Waals surface area contributed by atoms with E-state index in [1.54, 1.807) is 0 Å². The van der Waals surface area contributed by atoms with E-state index < -0.39 is 0 Å². The molecule has 1 aromatic carbocycles. The minimum Gasteiger partial charge on any atom is -0.387 e. The third-order valence-corrected chi connectivity index (χ3v) is 4.69. The molecule has 0 saturated carbocycles. The Morgan fingerprint density at radius 1 is 1.12 bits per heavy atom. The summed E-state index contributed by atoms with van der Waals surface area (Å²) < 4.78 is 0. The Balaban J connectivity index is 1.40. The molecule has 3 rings (SSSR count). The number of hydrogen-bond acceptors (Lipinski definition) is 4. The molecule has 2 amide bonds. The van der Waals surface area contributed by atoms with Crippen LogP contribution < -0.4 is 5.32 Å². The molecule has 0 bridgehead atoms. The fraction of sp³-hybridized carbons (Fsp3) is 0.526. The van der Waals surface area contributed by atoms with Crippen molar-refractivity contribution < 1.29 is 14.4 Å². The van der Waals surface area contributed by atoms with Gasteiger partial charge in [0.2, 0.25) is 5.91 Å². The quantitative estimate of drug-likeness (QED) is 0.892.